The van der Waals surface area contributed by atoms with Crippen molar-refractivity contribution in [2.45, 2.75) is 45.6 Å². The minimum absolute atomic E-state index is 0.0748. The first-order chi connectivity index (χ1) is 11.2. The van der Waals surface area contributed by atoms with Gasteiger partial charge >= 0.3 is 6.03 Å². The monoisotopic (exact) mass is 334 g/mol. The highest BCUT2D eigenvalue weighted by Gasteiger charge is 2.28. The van der Waals surface area contributed by atoms with Crippen LogP contribution in [0.2, 0.25) is 0 Å². The average Bonchev–Trinajstić information content (AvgIpc) is 3.23. The number of carbonyl (C=O) groups is 1. The number of carbonyl (C=O) groups excluding carboxylic acids is 1. The van der Waals surface area contributed by atoms with Gasteiger partial charge in [-0.3, -0.25) is 5.32 Å². The fraction of sp³-hybridized carbons (Fsp3) is 0.600. The first kappa shape index (κ1) is 15.9. The molecule has 0 saturated carbocycles. The third-order valence-corrected chi connectivity index (χ3v) is 5.23. The van der Waals surface area contributed by atoms with Crippen molar-refractivity contribution in [2.75, 3.05) is 18.4 Å². The number of piperidine rings is 1. The molecule has 2 amide bonds. The molecule has 2 aromatic heterocycles. The van der Waals surface area contributed by atoms with Crippen LogP contribution in [0, 0.1) is 0 Å². The van der Waals surface area contributed by atoms with Crippen LogP contribution in [-0.2, 0) is 13.0 Å². The van der Waals surface area contributed by atoms with E-state index in [1.807, 2.05) is 11.1 Å². The Labute approximate surface area is 139 Å². The summed E-state index contributed by atoms with van der Waals surface area (Å²) in [5.74, 6) is 1.23. The van der Waals surface area contributed by atoms with E-state index in [4.69, 9.17) is 0 Å². The molecule has 3 rings (SSSR count). The summed E-state index contributed by atoms with van der Waals surface area (Å²) >= 11 is 1.53. The van der Waals surface area contributed by atoms with Gasteiger partial charge in [0.15, 0.2) is 5.13 Å². The second-order valence-electron chi connectivity index (χ2n) is 5.68. The van der Waals surface area contributed by atoms with Crippen molar-refractivity contribution in [3.63, 3.8) is 0 Å². The molecule has 1 fully saturated rings. The Kier molecular flexibility index (Phi) is 4.90. The van der Waals surface area contributed by atoms with Crippen LogP contribution >= 0.6 is 11.3 Å². The molecule has 0 spiro atoms. The van der Waals surface area contributed by atoms with Crippen LogP contribution in [0.5, 0.6) is 0 Å². The van der Waals surface area contributed by atoms with Crippen molar-refractivity contribution < 1.29 is 4.79 Å². The highest BCUT2D eigenvalue weighted by molar-refractivity contribution is 7.15. The third-order valence-electron chi connectivity index (χ3n) is 4.18. The number of likely N-dealkylation sites (tertiary alicyclic amines) is 1. The molecule has 0 aliphatic carbocycles. The Hall–Kier alpha value is -1.96. The standard InChI is InChI=1S/C15H22N6OS/c1-3-12-8-16-14(23-12)18-15(22)21-7-5-6-11(9-21)13-19-17-10-20(13)4-2/h8,10-11H,3-7,9H2,1-2H3,(H,16,18,22)/t11-/m1/s1. The predicted octanol–water partition coefficient (Wildman–Crippen LogP) is 2.73. The molecule has 1 saturated heterocycles. The minimum atomic E-state index is -0.0748. The Morgan fingerprint density at radius 1 is 1.48 bits per heavy atom. The van der Waals surface area contributed by atoms with Crippen LogP contribution in [0.15, 0.2) is 12.5 Å². The first-order valence-electron chi connectivity index (χ1n) is 8.09. The number of rotatable bonds is 4. The number of nitrogens with zero attached hydrogens (tertiary/aromatic N) is 5. The SMILES string of the molecule is CCc1cnc(NC(=O)N2CCC[C@@H](c3nncn3CC)C2)s1. The van der Waals surface area contributed by atoms with Gasteiger partial charge in [0.1, 0.15) is 12.2 Å². The molecule has 1 aliphatic rings. The van der Waals surface area contributed by atoms with Gasteiger partial charge in [0.25, 0.3) is 0 Å². The Balaban J connectivity index is 1.64. The summed E-state index contributed by atoms with van der Waals surface area (Å²) in [7, 11) is 0. The molecule has 0 radical (unpaired) electrons. The molecule has 0 aromatic carbocycles. The van der Waals surface area contributed by atoms with Gasteiger partial charge in [-0.25, -0.2) is 9.78 Å². The second kappa shape index (κ2) is 7.08. The number of hydrogen-bond donors (Lipinski definition) is 1. The molecule has 1 aliphatic heterocycles. The lowest BCUT2D eigenvalue weighted by Gasteiger charge is -2.32. The predicted molar refractivity (Wildman–Crippen MR) is 89.8 cm³/mol. The van der Waals surface area contributed by atoms with Crippen molar-refractivity contribution in [3.05, 3.63) is 23.2 Å². The van der Waals surface area contributed by atoms with E-state index in [1.165, 1.54) is 16.2 Å². The fourth-order valence-corrected chi connectivity index (χ4v) is 3.64. The van der Waals surface area contributed by atoms with Gasteiger partial charge in [-0.2, -0.15) is 0 Å². The molecule has 8 heteroatoms. The molecule has 0 bridgehead atoms. The van der Waals surface area contributed by atoms with E-state index in [-0.39, 0.29) is 11.9 Å². The molecule has 23 heavy (non-hydrogen) atoms. The quantitative estimate of drug-likeness (QED) is 0.933. The maximum Gasteiger partial charge on any atom is 0.323 e. The van der Waals surface area contributed by atoms with Crippen molar-refractivity contribution >= 4 is 22.5 Å². The van der Waals surface area contributed by atoms with Crippen LogP contribution in [0.25, 0.3) is 0 Å². The smallest absolute Gasteiger partial charge is 0.323 e. The summed E-state index contributed by atoms with van der Waals surface area (Å²) < 4.78 is 2.06. The lowest BCUT2D eigenvalue weighted by Crippen LogP contribution is -2.42. The molecule has 7 nitrogen and oxygen atoms in total. The molecule has 124 valence electrons. The molecule has 2 aromatic rings. The third kappa shape index (κ3) is 3.52. The van der Waals surface area contributed by atoms with E-state index < -0.39 is 0 Å². The summed E-state index contributed by atoms with van der Waals surface area (Å²) in [5.41, 5.74) is 0. The van der Waals surface area contributed by atoms with Gasteiger partial charge in [0.2, 0.25) is 0 Å². The number of thiazole rings is 1. The number of nitrogens with one attached hydrogen (secondary N) is 1. The number of aromatic nitrogens is 4. The van der Waals surface area contributed by atoms with Crippen molar-refractivity contribution in [1.29, 1.82) is 0 Å². The zero-order chi connectivity index (χ0) is 16.2. The minimum Gasteiger partial charge on any atom is -0.324 e. The highest BCUT2D eigenvalue weighted by atomic mass is 32.1. The zero-order valence-corrected chi connectivity index (χ0v) is 14.3. The lowest BCUT2D eigenvalue weighted by molar-refractivity contribution is 0.190. The summed E-state index contributed by atoms with van der Waals surface area (Å²) in [6.07, 6.45) is 6.54. The zero-order valence-electron chi connectivity index (χ0n) is 13.5. The molecular weight excluding hydrogens is 312 g/mol. The fourth-order valence-electron chi connectivity index (χ4n) is 2.90. The Morgan fingerprint density at radius 2 is 2.35 bits per heavy atom. The first-order valence-corrected chi connectivity index (χ1v) is 8.91. The summed E-state index contributed by atoms with van der Waals surface area (Å²) in [4.78, 5) is 19.8. The van der Waals surface area contributed by atoms with Gasteiger partial charge in [-0.05, 0) is 26.2 Å². The second-order valence-corrected chi connectivity index (χ2v) is 6.79. The number of hydrogen-bond acceptors (Lipinski definition) is 5. The van der Waals surface area contributed by atoms with Crippen LogP contribution in [-0.4, -0.2) is 43.8 Å². The Morgan fingerprint density at radius 3 is 3.09 bits per heavy atom. The summed E-state index contributed by atoms with van der Waals surface area (Å²) in [5, 5.41) is 11.8. The number of aryl methyl sites for hydroxylation is 2. The van der Waals surface area contributed by atoms with Gasteiger partial charge in [0, 0.05) is 36.6 Å². The van der Waals surface area contributed by atoms with E-state index in [2.05, 4.69) is 38.9 Å². The highest BCUT2D eigenvalue weighted by Crippen LogP contribution is 2.26. The van der Waals surface area contributed by atoms with E-state index in [9.17, 15) is 4.79 Å². The van der Waals surface area contributed by atoms with Crippen LogP contribution in [0.4, 0.5) is 9.93 Å². The van der Waals surface area contributed by atoms with Gasteiger partial charge in [-0.15, -0.1) is 21.5 Å². The van der Waals surface area contributed by atoms with E-state index in [0.29, 0.717) is 11.7 Å². The normalized spacial score (nSPS) is 18.2. The maximum atomic E-state index is 12.5. The van der Waals surface area contributed by atoms with Gasteiger partial charge in [-0.1, -0.05) is 6.92 Å². The maximum absolute atomic E-state index is 12.5. The van der Waals surface area contributed by atoms with Crippen molar-refractivity contribution in [2.24, 2.45) is 0 Å². The summed E-state index contributed by atoms with van der Waals surface area (Å²) in [6.45, 7) is 6.46. The van der Waals surface area contributed by atoms with Crippen LogP contribution in [0.1, 0.15) is 43.3 Å². The van der Waals surface area contributed by atoms with Gasteiger partial charge < -0.3 is 9.47 Å². The van der Waals surface area contributed by atoms with E-state index in [0.717, 1.165) is 38.2 Å². The molecule has 0 unspecified atom stereocenters. The molecular formula is C15H22N6OS. The number of amides is 2. The van der Waals surface area contributed by atoms with Gasteiger partial charge in [0.05, 0.1) is 0 Å². The van der Waals surface area contributed by atoms with E-state index >= 15 is 0 Å². The average molecular weight is 334 g/mol. The van der Waals surface area contributed by atoms with Crippen LogP contribution < -0.4 is 5.32 Å². The number of urea groups is 1. The molecule has 3 heterocycles. The van der Waals surface area contributed by atoms with Crippen molar-refractivity contribution in [1.82, 2.24) is 24.6 Å². The topological polar surface area (TPSA) is 75.9 Å². The number of anilines is 1. The summed E-state index contributed by atoms with van der Waals surface area (Å²) in [6, 6.07) is -0.0748. The largest absolute Gasteiger partial charge is 0.324 e. The lowest BCUT2D eigenvalue weighted by atomic mass is 9.97. The van der Waals surface area contributed by atoms with Crippen molar-refractivity contribution in [3.8, 4) is 0 Å². The Bertz CT molecular complexity index is 666. The molecule has 1 atom stereocenters. The molecule has 1 N–H and O–H groups in total. The van der Waals surface area contributed by atoms with Crippen LogP contribution in [0.3, 0.4) is 0 Å². The van der Waals surface area contributed by atoms with E-state index in [1.54, 1.807) is 6.33 Å².